The number of ether oxygens (including phenoxy) is 1. The van der Waals surface area contributed by atoms with Gasteiger partial charge in [-0.3, -0.25) is 9.59 Å². The molecule has 1 aromatic carbocycles. The van der Waals surface area contributed by atoms with E-state index in [-0.39, 0.29) is 11.1 Å². The summed E-state index contributed by atoms with van der Waals surface area (Å²) in [7, 11) is 1.47. The van der Waals surface area contributed by atoms with Crippen LogP contribution in [0.2, 0.25) is 10.0 Å². The number of amides is 2. The van der Waals surface area contributed by atoms with Gasteiger partial charge in [-0.2, -0.15) is 4.99 Å². The summed E-state index contributed by atoms with van der Waals surface area (Å²) in [6, 6.07) is 3.18. The Kier molecular flexibility index (Phi) is 4.92. The monoisotopic (exact) mass is 344 g/mol. The number of hydrogen-bond donors (Lipinski definition) is 1. The predicted octanol–water partition coefficient (Wildman–Crippen LogP) is 3.11. The van der Waals surface area contributed by atoms with Crippen molar-refractivity contribution in [3.05, 3.63) is 32.6 Å². The molecule has 0 unspecified atom stereocenters. The van der Waals surface area contributed by atoms with E-state index in [9.17, 15) is 9.59 Å². The molecule has 1 aliphatic rings. The number of amidine groups is 1. The quantitative estimate of drug-likeness (QED) is 0.837. The van der Waals surface area contributed by atoms with Gasteiger partial charge in [-0.15, -0.1) is 0 Å². The molecule has 5 nitrogen and oxygen atoms in total. The Hall–Kier alpha value is -1.50. The Morgan fingerprint density at radius 2 is 2.14 bits per heavy atom. The smallest absolute Gasteiger partial charge is 0.286 e. The van der Waals surface area contributed by atoms with Crippen LogP contribution in [0, 0.1) is 0 Å². The van der Waals surface area contributed by atoms with Crippen LogP contribution in [0.5, 0.6) is 5.75 Å². The van der Waals surface area contributed by atoms with Crippen molar-refractivity contribution in [3.8, 4) is 5.75 Å². The van der Waals surface area contributed by atoms with Crippen molar-refractivity contribution in [2.24, 2.45) is 4.99 Å². The first kappa shape index (κ1) is 15.9. The van der Waals surface area contributed by atoms with Crippen molar-refractivity contribution in [1.29, 1.82) is 0 Å². The van der Waals surface area contributed by atoms with E-state index in [1.54, 1.807) is 18.2 Å². The molecule has 1 heterocycles. The fraction of sp³-hybridized carbons (Fsp3) is 0.154. The lowest BCUT2D eigenvalue weighted by Crippen LogP contribution is -2.23. The van der Waals surface area contributed by atoms with Gasteiger partial charge in [0.2, 0.25) is 5.91 Å². The van der Waals surface area contributed by atoms with Crippen LogP contribution in [-0.4, -0.2) is 24.1 Å². The van der Waals surface area contributed by atoms with E-state index in [4.69, 9.17) is 27.9 Å². The highest BCUT2D eigenvalue weighted by molar-refractivity contribution is 8.18. The number of halogens is 2. The minimum atomic E-state index is -0.443. The van der Waals surface area contributed by atoms with Gasteiger partial charge in [0.05, 0.1) is 17.0 Å². The number of carbonyl (C=O) groups is 2. The fourth-order valence-electron chi connectivity index (χ4n) is 1.66. The maximum absolute atomic E-state index is 11.8. The van der Waals surface area contributed by atoms with Crippen molar-refractivity contribution in [2.45, 2.75) is 6.92 Å². The standard InChI is InChI=1S/C13H10Cl2N2O3S/c1-6(18)16-13-17-12(19)10(21-13)4-7-3-8(14)5-9(15)11(7)20-2/h3-5H,1-2H3,(H,16,17,18,19). The third-order valence-corrected chi connectivity index (χ3v) is 3.83. The third kappa shape index (κ3) is 3.78. The van der Waals surface area contributed by atoms with Gasteiger partial charge in [0.25, 0.3) is 5.91 Å². The SMILES string of the molecule is COc1c(Cl)cc(Cl)cc1C=C1SC(NC(C)=O)=NC1=O. The molecule has 2 rings (SSSR count). The van der Waals surface area contributed by atoms with Crippen LogP contribution in [-0.2, 0) is 9.59 Å². The molecule has 1 aliphatic heterocycles. The summed E-state index contributed by atoms with van der Waals surface area (Å²) < 4.78 is 5.21. The Labute approximate surface area is 135 Å². The molecule has 0 aromatic heterocycles. The van der Waals surface area contributed by atoms with E-state index >= 15 is 0 Å². The molecule has 0 saturated carbocycles. The molecule has 0 radical (unpaired) electrons. The normalized spacial score (nSPS) is 16.1. The van der Waals surface area contributed by atoms with Gasteiger partial charge in [0.1, 0.15) is 5.75 Å². The Balaban J connectivity index is 2.34. The van der Waals surface area contributed by atoms with Gasteiger partial charge in [0.15, 0.2) is 5.17 Å². The molecular formula is C13H10Cl2N2O3S. The summed E-state index contributed by atoms with van der Waals surface area (Å²) in [4.78, 5) is 26.9. The second-order valence-corrected chi connectivity index (χ2v) is 5.90. The van der Waals surface area contributed by atoms with Gasteiger partial charge >= 0.3 is 0 Å². The molecule has 0 spiro atoms. The number of aliphatic imine (C=N–C) groups is 1. The molecule has 0 bridgehead atoms. The maximum atomic E-state index is 11.8. The van der Waals surface area contributed by atoms with Crippen LogP contribution in [0.25, 0.3) is 6.08 Å². The van der Waals surface area contributed by atoms with E-state index in [0.29, 0.717) is 26.3 Å². The number of carbonyl (C=O) groups excluding carboxylic acids is 2. The van der Waals surface area contributed by atoms with E-state index in [0.717, 1.165) is 11.8 Å². The summed E-state index contributed by atoms with van der Waals surface area (Å²) in [5, 5.41) is 3.47. The van der Waals surface area contributed by atoms with Gasteiger partial charge in [-0.05, 0) is 30.0 Å². The minimum absolute atomic E-state index is 0.242. The van der Waals surface area contributed by atoms with Crippen LogP contribution >= 0.6 is 35.0 Å². The van der Waals surface area contributed by atoms with E-state index in [1.165, 1.54) is 14.0 Å². The van der Waals surface area contributed by atoms with Crippen LogP contribution in [0.15, 0.2) is 22.0 Å². The van der Waals surface area contributed by atoms with Gasteiger partial charge in [-0.1, -0.05) is 23.2 Å². The average Bonchev–Trinajstić information content (AvgIpc) is 2.68. The highest BCUT2D eigenvalue weighted by Gasteiger charge is 2.23. The lowest BCUT2D eigenvalue weighted by atomic mass is 10.2. The zero-order valence-electron chi connectivity index (χ0n) is 11.1. The lowest BCUT2D eigenvalue weighted by Gasteiger charge is -2.08. The molecular weight excluding hydrogens is 335 g/mol. The second kappa shape index (κ2) is 6.51. The molecule has 0 saturated heterocycles. The zero-order valence-corrected chi connectivity index (χ0v) is 13.4. The minimum Gasteiger partial charge on any atom is -0.495 e. The number of benzene rings is 1. The number of nitrogens with zero attached hydrogens (tertiary/aromatic N) is 1. The van der Waals surface area contributed by atoms with E-state index < -0.39 is 5.91 Å². The predicted molar refractivity (Wildman–Crippen MR) is 84.8 cm³/mol. The highest BCUT2D eigenvalue weighted by Crippen LogP contribution is 2.36. The van der Waals surface area contributed by atoms with Crippen molar-refractivity contribution < 1.29 is 14.3 Å². The van der Waals surface area contributed by atoms with Gasteiger partial charge < -0.3 is 10.1 Å². The average molecular weight is 345 g/mol. The van der Waals surface area contributed by atoms with Crippen molar-refractivity contribution >= 4 is 58.0 Å². The van der Waals surface area contributed by atoms with Crippen molar-refractivity contribution in [1.82, 2.24) is 5.32 Å². The van der Waals surface area contributed by atoms with E-state index in [2.05, 4.69) is 10.3 Å². The van der Waals surface area contributed by atoms with Crippen LogP contribution in [0.4, 0.5) is 0 Å². The Bertz CT molecular complexity index is 686. The van der Waals surface area contributed by atoms with Crippen molar-refractivity contribution in [3.63, 3.8) is 0 Å². The Morgan fingerprint density at radius 1 is 1.43 bits per heavy atom. The summed E-state index contributed by atoms with van der Waals surface area (Å²) in [5.41, 5.74) is 0.560. The molecule has 8 heteroatoms. The molecule has 110 valence electrons. The molecule has 0 fully saturated rings. The molecule has 0 atom stereocenters. The first-order valence-electron chi connectivity index (χ1n) is 5.74. The molecule has 1 aromatic rings. The van der Waals surface area contributed by atoms with Gasteiger partial charge in [-0.25, -0.2) is 0 Å². The second-order valence-electron chi connectivity index (χ2n) is 4.02. The molecule has 21 heavy (non-hydrogen) atoms. The lowest BCUT2D eigenvalue weighted by molar-refractivity contribution is -0.117. The summed E-state index contributed by atoms with van der Waals surface area (Å²) >= 11 is 13.1. The van der Waals surface area contributed by atoms with Crippen molar-refractivity contribution in [2.75, 3.05) is 7.11 Å². The van der Waals surface area contributed by atoms with Crippen LogP contribution in [0.1, 0.15) is 12.5 Å². The first-order chi connectivity index (χ1) is 9.90. The topological polar surface area (TPSA) is 67.8 Å². The van der Waals surface area contributed by atoms with Crippen LogP contribution in [0.3, 0.4) is 0 Å². The Morgan fingerprint density at radius 3 is 2.76 bits per heavy atom. The maximum Gasteiger partial charge on any atom is 0.286 e. The summed E-state index contributed by atoms with van der Waals surface area (Å²) in [5.74, 6) is -0.324. The van der Waals surface area contributed by atoms with E-state index in [1.807, 2.05) is 0 Å². The highest BCUT2D eigenvalue weighted by atomic mass is 35.5. The van der Waals surface area contributed by atoms with Crippen LogP contribution < -0.4 is 10.1 Å². The number of rotatable bonds is 2. The molecule has 0 aliphatic carbocycles. The van der Waals surface area contributed by atoms with Gasteiger partial charge in [0, 0.05) is 17.5 Å². The third-order valence-electron chi connectivity index (χ3n) is 2.43. The summed E-state index contributed by atoms with van der Waals surface area (Å²) in [6.07, 6.45) is 1.57. The first-order valence-corrected chi connectivity index (χ1v) is 7.31. The molecule has 1 N–H and O–H groups in total. The number of hydrogen-bond acceptors (Lipinski definition) is 4. The zero-order chi connectivity index (χ0) is 15.6. The molecule has 2 amide bonds. The fourth-order valence-corrected chi connectivity index (χ4v) is 3.09. The summed E-state index contributed by atoms with van der Waals surface area (Å²) in [6.45, 7) is 1.34. The number of methoxy groups -OCH3 is 1. The largest absolute Gasteiger partial charge is 0.495 e. The number of nitrogens with one attached hydrogen (secondary N) is 1. The number of thioether (sulfide) groups is 1.